The first-order chi connectivity index (χ1) is 19.4. The molecule has 1 amide bonds. The number of hydrogen-bond acceptors (Lipinski definition) is 9. The lowest BCUT2D eigenvalue weighted by atomic mass is 10.1. The number of carbonyl (C=O) groups is 2. The topological polar surface area (TPSA) is 105 Å². The highest BCUT2D eigenvalue weighted by Gasteiger charge is 2.16. The molecule has 0 atom stereocenters. The number of carbonyl (C=O) groups excluding carboxylic acids is 2. The Morgan fingerprint density at radius 2 is 1.60 bits per heavy atom. The second-order valence-corrected chi connectivity index (χ2v) is 9.56. The molecule has 0 radical (unpaired) electrons. The molecule has 0 aliphatic rings. The van der Waals surface area contributed by atoms with Gasteiger partial charge in [0.1, 0.15) is 0 Å². The van der Waals surface area contributed by atoms with Crippen molar-refractivity contribution in [2.45, 2.75) is 13.3 Å². The van der Waals surface area contributed by atoms with E-state index in [2.05, 4.69) is 23.3 Å². The van der Waals surface area contributed by atoms with Gasteiger partial charge in [-0.25, -0.2) is 4.98 Å². The van der Waals surface area contributed by atoms with Crippen molar-refractivity contribution in [1.82, 2.24) is 4.98 Å². The maximum absolute atomic E-state index is 12.9. The molecule has 0 saturated carbocycles. The third-order valence-corrected chi connectivity index (χ3v) is 6.98. The summed E-state index contributed by atoms with van der Waals surface area (Å²) in [4.78, 5) is 30.0. The Kier molecular flexibility index (Phi) is 9.23. The van der Waals surface area contributed by atoms with E-state index in [0.29, 0.717) is 45.0 Å². The van der Waals surface area contributed by atoms with E-state index in [1.807, 2.05) is 12.1 Å². The molecule has 0 fully saturated rings. The first-order valence-corrected chi connectivity index (χ1v) is 13.2. The van der Waals surface area contributed by atoms with Crippen molar-refractivity contribution in [2.75, 3.05) is 40.4 Å². The number of benzene rings is 3. The van der Waals surface area contributed by atoms with Crippen molar-refractivity contribution in [1.29, 1.82) is 0 Å². The molecular weight excluding hydrogens is 532 g/mol. The normalized spacial score (nSPS) is 10.9. The van der Waals surface area contributed by atoms with Gasteiger partial charge in [0.15, 0.2) is 40.5 Å². The van der Waals surface area contributed by atoms with Crippen molar-refractivity contribution >= 4 is 44.5 Å². The Bertz CT molecular complexity index is 1540. The lowest BCUT2D eigenvalue weighted by Gasteiger charge is -2.13. The minimum Gasteiger partial charge on any atom is -0.493 e. The van der Waals surface area contributed by atoms with Gasteiger partial charge in [0.25, 0.3) is 5.91 Å². The fourth-order valence-corrected chi connectivity index (χ4v) is 4.81. The van der Waals surface area contributed by atoms with Crippen molar-refractivity contribution in [2.24, 2.45) is 0 Å². The van der Waals surface area contributed by atoms with Gasteiger partial charge in [-0.2, -0.15) is 0 Å². The predicted molar refractivity (Wildman–Crippen MR) is 156 cm³/mol. The molecule has 0 spiro atoms. The van der Waals surface area contributed by atoms with Crippen LogP contribution in [0.1, 0.15) is 28.4 Å². The number of hydrogen-bond donors (Lipinski definition) is 1. The van der Waals surface area contributed by atoms with E-state index in [4.69, 9.17) is 23.7 Å². The molecule has 3 aromatic carbocycles. The van der Waals surface area contributed by atoms with Gasteiger partial charge in [0, 0.05) is 5.56 Å². The van der Waals surface area contributed by atoms with Crippen LogP contribution in [0.4, 0.5) is 5.13 Å². The van der Waals surface area contributed by atoms with Crippen LogP contribution in [0.3, 0.4) is 0 Å². The second-order valence-electron chi connectivity index (χ2n) is 8.53. The number of nitrogens with zero attached hydrogens (tertiary/aromatic N) is 1. The summed E-state index contributed by atoms with van der Waals surface area (Å²) in [5.74, 6) is 1.36. The summed E-state index contributed by atoms with van der Waals surface area (Å²) in [7, 11) is 5.98. The van der Waals surface area contributed by atoms with Crippen LogP contribution < -0.4 is 29.0 Å². The molecule has 0 unspecified atom stereocenters. The molecule has 9 nitrogen and oxygen atoms in total. The summed E-state index contributed by atoms with van der Waals surface area (Å²) in [6, 6.07) is 14.4. The molecule has 4 aromatic rings. The number of rotatable bonds is 12. The number of thiazole rings is 1. The first-order valence-electron chi connectivity index (χ1n) is 12.4. The summed E-state index contributed by atoms with van der Waals surface area (Å²) >= 11 is 1.40. The number of nitrogens with one attached hydrogen (secondary N) is 1. The molecule has 0 aliphatic carbocycles. The molecule has 0 aliphatic heterocycles. The SMILES string of the molecule is CCc1ccc2sc(NC(=O)COc3cc(/C=C/C(=O)c4cc(OC)c(OC)c(OC)c4)ccc3OC)nc2c1. The average molecular weight is 563 g/mol. The van der Waals surface area contributed by atoms with Gasteiger partial charge in [-0.05, 0) is 60.0 Å². The van der Waals surface area contributed by atoms with Crippen LogP contribution in [0.2, 0.25) is 0 Å². The number of anilines is 1. The Hall–Kier alpha value is -4.57. The van der Waals surface area contributed by atoms with Crippen molar-refractivity contribution in [3.8, 4) is 28.7 Å². The smallest absolute Gasteiger partial charge is 0.264 e. The molecule has 0 saturated heterocycles. The zero-order chi connectivity index (χ0) is 28.6. The van der Waals surface area contributed by atoms with Crippen LogP contribution >= 0.6 is 11.3 Å². The number of aryl methyl sites for hydroxylation is 1. The number of allylic oxidation sites excluding steroid dienone is 1. The Morgan fingerprint density at radius 1 is 0.875 bits per heavy atom. The summed E-state index contributed by atoms with van der Waals surface area (Å²) < 4.78 is 28.1. The van der Waals surface area contributed by atoms with Gasteiger partial charge in [-0.3, -0.25) is 14.9 Å². The molecule has 40 heavy (non-hydrogen) atoms. The Labute approximate surface area is 236 Å². The van der Waals surface area contributed by atoms with Gasteiger partial charge in [-0.15, -0.1) is 0 Å². The molecule has 10 heteroatoms. The third kappa shape index (κ3) is 6.52. The minimum absolute atomic E-state index is 0.246. The van der Waals surface area contributed by atoms with Crippen LogP contribution in [0.5, 0.6) is 28.7 Å². The summed E-state index contributed by atoms with van der Waals surface area (Å²) in [6.45, 7) is 1.84. The monoisotopic (exact) mass is 562 g/mol. The van der Waals surface area contributed by atoms with Crippen LogP contribution in [0, 0.1) is 0 Å². The molecule has 0 bridgehead atoms. The molecular formula is C30H30N2O7S. The van der Waals surface area contributed by atoms with E-state index >= 15 is 0 Å². The number of amides is 1. The lowest BCUT2D eigenvalue weighted by molar-refractivity contribution is -0.118. The molecule has 1 N–H and O–H groups in total. The van der Waals surface area contributed by atoms with Gasteiger partial charge < -0.3 is 23.7 Å². The van der Waals surface area contributed by atoms with Crippen LogP contribution in [-0.4, -0.2) is 51.7 Å². The van der Waals surface area contributed by atoms with Crippen molar-refractivity contribution < 1.29 is 33.3 Å². The van der Waals surface area contributed by atoms with Gasteiger partial charge in [0.05, 0.1) is 38.7 Å². The number of fused-ring (bicyclic) bond motifs is 1. The molecule has 208 valence electrons. The number of ketones is 1. The van der Waals surface area contributed by atoms with E-state index in [0.717, 1.165) is 16.6 Å². The number of ether oxygens (including phenoxy) is 5. The van der Waals surface area contributed by atoms with E-state index in [1.165, 1.54) is 51.4 Å². The predicted octanol–water partition coefficient (Wildman–Crippen LogP) is 5.81. The fourth-order valence-electron chi connectivity index (χ4n) is 3.95. The van der Waals surface area contributed by atoms with E-state index in [1.54, 1.807) is 36.4 Å². The lowest BCUT2D eigenvalue weighted by Crippen LogP contribution is -2.20. The number of methoxy groups -OCH3 is 4. The van der Waals surface area contributed by atoms with Gasteiger partial charge in [0.2, 0.25) is 5.75 Å². The van der Waals surface area contributed by atoms with E-state index in [-0.39, 0.29) is 18.3 Å². The first kappa shape index (κ1) is 28.4. The highest BCUT2D eigenvalue weighted by molar-refractivity contribution is 7.22. The summed E-state index contributed by atoms with van der Waals surface area (Å²) in [6.07, 6.45) is 3.98. The highest BCUT2D eigenvalue weighted by atomic mass is 32.1. The summed E-state index contributed by atoms with van der Waals surface area (Å²) in [5.41, 5.74) is 3.08. The Morgan fingerprint density at radius 3 is 2.25 bits per heavy atom. The zero-order valence-electron chi connectivity index (χ0n) is 22.9. The molecule has 1 heterocycles. The quantitative estimate of drug-likeness (QED) is 0.170. The summed E-state index contributed by atoms with van der Waals surface area (Å²) in [5, 5.41) is 3.30. The van der Waals surface area contributed by atoms with Gasteiger partial charge in [-0.1, -0.05) is 36.5 Å². The van der Waals surface area contributed by atoms with Crippen molar-refractivity contribution in [3.05, 3.63) is 71.3 Å². The van der Waals surface area contributed by atoms with Crippen LogP contribution in [-0.2, 0) is 11.2 Å². The fraction of sp³-hybridized carbons (Fsp3) is 0.233. The highest BCUT2D eigenvalue weighted by Crippen LogP contribution is 2.38. The Balaban J connectivity index is 1.44. The standard InChI is InChI=1S/C30H30N2O7S/c1-6-18-9-12-27-21(13-18)31-30(40-27)32-28(34)17-39-24-14-19(8-11-23(24)35-2)7-10-22(33)20-15-25(36-3)29(38-5)26(16-20)37-4/h7-16H,6,17H2,1-5H3,(H,31,32,34)/b10-7+. The van der Waals surface area contributed by atoms with Crippen LogP contribution in [0.15, 0.2) is 54.6 Å². The van der Waals surface area contributed by atoms with Crippen LogP contribution in [0.25, 0.3) is 16.3 Å². The van der Waals surface area contributed by atoms with E-state index in [9.17, 15) is 9.59 Å². The molecule has 1 aromatic heterocycles. The average Bonchev–Trinajstić information content (AvgIpc) is 3.39. The maximum Gasteiger partial charge on any atom is 0.264 e. The minimum atomic E-state index is -0.352. The van der Waals surface area contributed by atoms with Gasteiger partial charge >= 0.3 is 0 Å². The maximum atomic E-state index is 12.9. The van der Waals surface area contributed by atoms with E-state index < -0.39 is 0 Å². The second kappa shape index (κ2) is 13.0. The largest absolute Gasteiger partial charge is 0.493 e. The zero-order valence-corrected chi connectivity index (χ0v) is 23.7. The third-order valence-electron chi connectivity index (χ3n) is 6.03. The number of aromatic nitrogens is 1. The molecule has 4 rings (SSSR count). The van der Waals surface area contributed by atoms with Crippen molar-refractivity contribution in [3.63, 3.8) is 0 Å².